The number of nitrogens with two attached hydrogens (primary N) is 1. The number of halogens is 3. The molecule has 0 aliphatic heterocycles. The maximum atomic E-state index is 13.3. The summed E-state index contributed by atoms with van der Waals surface area (Å²) in [6.45, 7) is 10.5. The van der Waals surface area contributed by atoms with E-state index in [9.17, 15) is 18.0 Å². The van der Waals surface area contributed by atoms with E-state index in [1.807, 2.05) is 24.9 Å². The first kappa shape index (κ1) is 26.2. The number of amidine groups is 1. The van der Waals surface area contributed by atoms with Gasteiger partial charge in [0, 0.05) is 24.7 Å². The lowest BCUT2D eigenvalue weighted by atomic mass is 9.81. The van der Waals surface area contributed by atoms with E-state index in [1.165, 1.54) is 0 Å². The number of amides is 1. The van der Waals surface area contributed by atoms with Crippen molar-refractivity contribution in [1.29, 1.82) is 0 Å². The number of hydrazone groups is 1. The number of hydrogen-bond acceptors (Lipinski definition) is 3. The van der Waals surface area contributed by atoms with Gasteiger partial charge in [-0.3, -0.25) is 4.79 Å². The Morgan fingerprint density at radius 1 is 1.37 bits per heavy atom. The summed E-state index contributed by atoms with van der Waals surface area (Å²) in [5.74, 6) is 6.32. The second kappa shape index (κ2) is 11.0. The zero-order valence-corrected chi connectivity index (χ0v) is 19.1. The molecule has 1 amide bonds. The lowest BCUT2D eigenvalue weighted by Gasteiger charge is -2.41. The average molecular weight is 431 g/mol. The highest BCUT2D eigenvalue weighted by Gasteiger charge is 2.37. The first-order valence-electron chi connectivity index (χ1n) is 10.7. The first-order chi connectivity index (χ1) is 13.9. The highest BCUT2D eigenvalue weighted by Crippen LogP contribution is 2.34. The Morgan fingerprint density at radius 2 is 2.00 bits per heavy atom. The minimum atomic E-state index is -4.31. The van der Waals surface area contributed by atoms with Gasteiger partial charge < -0.3 is 10.7 Å². The monoisotopic (exact) mass is 430 g/mol. The van der Waals surface area contributed by atoms with E-state index < -0.39 is 12.6 Å². The number of aliphatic imine (C=N–C) groups is 1. The van der Waals surface area contributed by atoms with Crippen molar-refractivity contribution in [2.24, 2.45) is 33.7 Å². The van der Waals surface area contributed by atoms with E-state index in [2.05, 4.69) is 37.8 Å². The molecule has 0 saturated carbocycles. The zero-order chi connectivity index (χ0) is 23.1. The topological polar surface area (TPSA) is 71.0 Å². The molecule has 0 radical (unpaired) electrons. The van der Waals surface area contributed by atoms with E-state index in [-0.39, 0.29) is 29.1 Å². The summed E-state index contributed by atoms with van der Waals surface area (Å²) in [6, 6.07) is 0. The molecule has 172 valence electrons. The van der Waals surface area contributed by atoms with Crippen molar-refractivity contribution in [3.63, 3.8) is 0 Å². The third-order valence-electron chi connectivity index (χ3n) is 6.48. The lowest BCUT2D eigenvalue weighted by molar-refractivity contribution is -0.142. The lowest BCUT2D eigenvalue weighted by Crippen LogP contribution is -2.50. The Labute approximate surface area is 178 Å². The van der Waals surface area contributed by atoms with E-state index in [0.29, 0.717) is 18.8 Å². The minimum absolute atomic E-state index is 0.0355. The van der Waals surface area contributed by atoms with Crippen molar-refractivity contribution >= 4 is 18.0 Å². The smallest absolute Gasteiger partial charge is 0.340 e. The van der Waals surface area contributed by atoms with Crippen LogP contribution >= 0.6 is 0 Å². The van der Waals surface area contributed by atoms with Crippen molar-refractivity contribution in [3.8, 4) is 0 Å². The quantitative estimate of drug-likeness (QED) is 0.257. The molecule has 0 bridgehead atoms. The van der Waals surface area contributed by atoms with E-state index in [4.69, 9.17) is 5.84 Å². The molecule has 2 N–H and O–H groups in total. The molecule has 0 fully saturated rings. The van der Waals surface area contributed by atoms with Crippen LogP contribution in [0.3, 0.4) is 0 Å². The van der Waals surface area contributed by atoms with Crippen molar-refractivity contribution in [1.82, 2.24) is 4.90 Å². The first-order valence-corrected chi connectivity index (χ1v) is 10.7. The van der Waals surface area contributed by atoms with E-state index in [1.54, 1.807) is 0 Å². The van der Waals surface area contributed by atoms with E-state index >= 15 is 0 Å². The van der Waals surface area contributed by atoms with Gasteiger partial charge in [0.05, 0.1) is 6.42 Å². The molecule has 0 aromatic rings. The van der Waals surface area contributed by atoms with Gasteiger partial charge in [-0.2, -0.15) is 18.3 Å². The van der Waals surface area contributed by atoms with Gasteiger partial charge in [-0.25, -0.2) is 4.99 Å². The second-order valence-electron chi connectivity index (χ2n) is 8.88. The van der Waals surface area contributed by atoms with Gasteiger partial charge in [-0.05, 0) is 56.4 Å². The molecular weight excluding hydrogens is 393 g/mol. The van der Waals surface area contributed by atoms with Gasteiger partial charge in [0.1, 0.15) is 0 Å². The number of nitrogens with zero attached hydrogens (tertiary/aromatic N) is 3. The number of rotatable bonds is 7. The average Bonchev–Trinajstić information content (AvgIpc) is 2.86. The number of alkyl halides is 3. The molecule has 1 aliphatic carbocycles. The molecule has 0 heterocycles. The maximum absolute atomic E-state index is 13.3. The van der Waals surface area contributed by atoms with Crippen LogP contribution in [-0.4, -0.2) is 41.6 Å². The molecular formula is C22H37F3N4O. The number of carbonyl (C=O) groups excluding carboxylic acids is 1. The summed E-state index contributed by atoms with van der Waals surface area (Å²) in [6.07, 6.45) is 0.799. The van der Waals surface area contributed by atoms with Crippen molar-refractivity contribution in [3.05, 3.63) is 11.6 Å². The predicted molar refractivity (Wildman–Crippen MR) is 116 cm³/mol. The maximum Gasteiger partial charge on any atom is 0.393 e. The summed E-state index contributed by atoms with van der Waals surface area (Å²) in [7, 11) is 1.86. The Hall–Kier alpha value is -1.86. The van der Waals surface area contributed by atoms with Gasteiger partial charge in [-0.1, -0.05) is 33.8 Å². The van der Waals surface area contributed by atoms with Crippen LogP contribution in [0, 0.1) is 17.8 Å². The summed E-state index contributed by atoms with van der Waals surface area (Å²) in [4.78, 5) is 19.0. The van der Waals surface area contributed by atoms with E-state index in [0.717, 1.165) is 31.1 Å². The van der Waals surface area contributed by atoms with Gasteiger partial charge >= 0.3 is 6.18 Å². The van der Waals surface area contributed by atoms with Gasteiger partial charge in [0.15, 0.2) is 5.84 Å². The normalized spacial score (nSPS) is 23.3. The fraction of sp³-hybridized carbons (Fsp3) is 0.773. The van der Waals surface area contributed by atoms with Crippen molar-refractivity contribution in [2.75, 3.05) is 7.05 Å². The molecule has 1 aliphatic rings. The molecule has 3 unspecified atom stereocenters. The Morgan fingerprint density at radius 3 is 2.50 bits per heavy atom. The second-order valence-corrected chi connectivity index (χ2v) is 8.88. The van der Waals surface area contributed by atoms with Crippen LogP contribution in [-0.2, 0) is 4.79 Å². The largest absolute Gasteiger partial charge is 0.393 e. The van der Waals surface area contributed by atoms with Crippen molar-refractivity contribution in [2.45, 2.75) is 84.9 Å². The number of hydrogen-bond donors (Lipinski definition) is 1. The molecule has 0 spiro atoms. The summed E-state index contributed by atoms with van der Waals surface area (Å²) < 4.78 is 37.1. The Bertz CT molecular complexity index is 670. The molecule has 8 heteroatoms. The van der Waals surface area contributed by atoms with Gasteiger partial charge in [0.25, 0.3) is 0 Å². The summed E-state index contributed by atoms with van der Waals surface area (Å²) in [5, 5.41) is 3.59. The molecule has 5 nitrogen and oxygen atoms in total. The minimum Gasteiger partial charge on any atom is -0.340 e. The summed E-state index contributed by atoms with van der Waals surface area (Å²) in [5.41, 5.74) is 0.348. The molecule has 3 atom stereocenters. The molecule has 0 saturated heterocycles. The van der Waals surface area contributed by atoms with Crippen LogP contribution in [0.15, 0.2) is 21.7 Å². The van der Waals surface area contributed by atoms with Crippen LogP contribution in [0.25, 0.3) is 0 Å². The number of carbonyl (C=O) groups is 1. The van der Waals surface area contributed by atoms with Crippen LogP contribution in [0.2, 0.25) is 0 Å². The van der Waals surface area contributed by atoms with Crippen LogP contribution in [0.4, 0.5) is 13.2 Å². The third-order valence-corrected chi connectivity index (χ3v) is 6.48. The predicted octanol–water partition coefficient (Wildman–Crippen LogP) is 5.32. The zero-order valence-electron chi connectivity index (χ0n) is 19.1. The molecule has 30 heavy (non-hydrogen) atoms. The third kappa shape index (κ3) is 7.13. The Kier molecular flexibility index (Phi) is 9.56. The van der Waals surface area contributed by atoms with Crippen LogP contribution in [0.5, 0.6) is 0 Å². The van der Waals surface area contributed by atoms with Gasteiger partial charge in [0.2, 0.25) is 5.91 Å². The molecule has 1 rings (SSSR count). The Balaban J connectivity index is 2.99. The standard InChI is InChI=1S/C22H37F3N4O/c1-7-18(16(4)15(2)3)20(30)29(6)21(5)11-8-9-17(10-12-21)19(28-26)27-14-13-22(23,24)25/h10,14-16,18H,7-9,11-13,26H2,1-6H3/b27-14?,28-19-. The van der Waals surface area contributed by atoms with Crippen molar-refractivity contribution < 1.29 is 18.0 Å². The van der Waals surface area contributed by atoms with Crippen LogP contribution < -0.4 is 5.84 Å². The highest BCUT2D eigenvalue weighted by atomic mass is 19.4. The highest BCUT2D eigenvalue weighted by molar-refractivity contribution is 6.02. The van der Waals surface area contributed by atoms with Crippen LogP contribution in [0.1, 0.15) is 73.1 Å². The van der Waals surface area contributed by atoms with Gasteiger partial charge in [-0.15, -0.1) is 0 Å². The fourth-order valence-electron chi connectivity index (χ4n) is 3.90. The fourth-order valence-corrected chi connectivity index (χ4v) is 3.90. The SMILES string of the molecule is CCC(C(=O)N(C)C1(C)CC=C(/C(N=CCC(F)(F)F)=N/N)CCC1)C(C)C(C)C. The summed E-state index contributed by atoms with van der Waals surface area (Å²) >= 11 is 0. The molecule has 0 aromatic heterocycles. The molecule has 0 aromatic carbocycles.